The largest absolute Gasteiger partial charge is 0.337 e. The molecule has 2 amide bonds. The molecular formula is C16H21N5O2S. The summed E-state index contributed by atoms with van der Waals surface area (Å²) in [6.07, 6.45) is 4.87. The topological polar surface area (TPSA) is 69.6 Å². The third kappa shape index (κ3) is 2.53. The Hall–Kier alpha value is -1.83. The number of aromatic nitrogens is 2. The molecule has 3 aliphatic rings. The Kier molecular flexibility index (Phi) is 3.86. The number of anilines is 1. The van der Waals surface area contributed by atoms with Crippen LogP contribution in [0.3, 0.4) is 0 Å². The third-order valence-electron chi connectivity index (χ3n) is 5.16. The smallest absolute Gasteiger partial charge is 0.246 e. The molecule has 0 unspecified atom stereocenters. The zero-order valence-corrected chi connectivity index (χ0v) is 14.5. The molecule has 0 aliphatic carbocycles. The van der Waals surface area contributed by atoms with Gasteiger partial charge < -0.3 is 14.7 Å². The SMILES string of the molecule is C[C@@]12CCC(=O)N1[C@H](C(=O)N1CCN(c3ncccn3)CC1)CS2. The number of piperazine rings is 1. The summed E-state index contributed by atoms with van der Waals surface area (Å²) in [5.74, 6) is 1.64. The van der Waals surface area contributed by atoms with Gasteiger partial charge >= 0.3 is 0 Å². The lowest BCUT2D eigenvalue weighted by Gasteiger charge is -2.38. The molecule has 24 heavy (non-hydrogen) atoms. The Morgan fingerprint density at radius 2 is 1.96 bits per heavy atom. The van der Waals surface area contributed by atoms with Crippen molar-refractivity contribution in [3.8, 4) is 0 Å². The van der Waals surface area contributed by atoms with E-state index in [1.165, 1.54) is 0 Å². The minimum atomic E-state index is -0.297. The van der Waals surface area contributed by atoms with Gasteiger partial charge in [-0.3, -0.25) is 9.59 Å². The van der Waals surface area contributed by atoms with Crippen LogP contribution in [0.4, 0.5) is 5.95 Å². The van der Waals surface area contributed by atoms with Crippen LogP contribution in [0.1, 0.15) is 19.8 Å². The Labute approximate surface area is 145 Å². The van der Waals surface area contributed by atoms with Crippen molar-refractivity contribution in [2.24, 2.45) is 0 Å². The summed E-state index contributed by atoms with van der Waals surface area (Å²) in [4.78, 5) is 39.3. The van der Waals surface area contributed by atoms with Crippen LogP contribution in [0.15, 0.2) is 18.5 Å². The van der Waals surface area contributed by atoms with Crippen molar-refractivity contribution in [3.63, 3.8) is 0 Å². The van der Waals surface area contributed by atoms with Gasteiger partial charge in [0, 0.05) is 50.7 Å². The van der Waals surface area contributed by atoms with E-state index in [1.807, 2.05) is 9.80 Å². The van der Waals surface area contributed by atoms with Gasteiger partial charge in [0.1, 0.15) is 6.04 Å². The molecule has 0 bridgehead atoms. The van der Waals surface area contributed by atoms with Crippen LogP contribution >= 0.6 is 11.8 Å². The van der Waals surface area contributed by atoms with Crippen molar-refractivity contribution in [1.82, 2.24) is 19.8 Å². The molecule has 0 saturated carbocycles. The Bertz CT molecular complexity index is 649. The first-order valence-electron chi connectivity index (χ1n) is 8.35. The first-order valence-corrected chi connectivity index (χ1v) is 9.34. The number of thioether (sulfide) groups is 1. The summed E-state index contributed by atoms with van der Waals surface area (Å²) in [6, 6.07) is 1.50. The van der Waals surface area contributed by atoms with Crippen LogP contribution < -0.4 is 4.90 Å². The standard InChI is InChI=1S/C16H21N5O2S/c1-16-4-3-13(22)21(16)12(11-24-16)14(23)19-7-9-20(10-8-19)15-17-5-2-6-18-15/h2,5-6,12H,3-4,7-11H2,1H3/t12-,16+/m0/s1. The van der Waals surface area contributed by atoms with E-state index < -0.39 is 0 Å². The van der Waals surface area contributed by atoms with Crippen LogP contribution in [0, 0.1) is 0 Å². The maximum absolute atomic E-state index is 12.9. The van der Waals surface area contributed by atoms with Crippen LogP contribution in [0.25, 0.3) is 0 Å². The quantitative estimate of drug-likeness (QED) is 0.779. The van der Waals surface area contributed by atoms with Gasteiger partial charge in [0.2, 0.25) is 17.8 Å². The minimum absolute atomic E-state index is 0.0927. The lowest BCUT2D eigenvalue weighted by molar-refractivity contribution is -0.143. The molecule has 1 aromatic rings. The highest BCUT2D eigenvalue weighted by Gasteiger charge is 2.53. The van der Waals surface area contributed by atoms with Crippen molar-refractivity contribution < 1.29 is 9.59 Å². The molecule has 8 heteroatoms. The number of amides is 2. The molecule has 4 heterocycles. The molecule has 0 N–H and O–H groups in total. The maximum atomic E-state index is 12.9. The minimum Gasteiger partial charge on any atom is -0.337 e. The van der Waals surface area contributed by atoms with Gasteiger partial charge in [-0.15, -0.1) is 11.8 Å². The molecule has 4 rings (SSSR count). The summed E-state index contributed by atoms with van der Waals surface area (Å²) >= 11 is 1.74. The zero-order chi connectivity index (χ0) is 16.7. The number of carbonyl (C=O) groups is 2. The normalized spacial score (nSPS) is 30.0. The molecular weight excluding hydrogens is 326 g/mol. The van der Waals surface area contributed by atoms with Crippen molar-refractivity contribution in [2.45, 2.75) is 30.7 Å². The molecule has 128 valence electrons. The molecule has 3 saturated heterocycles. The summed E-state index contributed by atoms with van der Waals surface area (Å²) in [5, 5.41) is 0. The number of fused-ring (bicyclic) bond motifs is 1. The molecule has 2 atom stereocenters. The highest BCUT2D eigenvalue weighted by atomic mass is 32.2. The number of nitrogens with zero attached hydrogens (tertiary/aromatic N) is 5. The van der Waals surface area contributed by atoms with Crippen molar-refractivity contribution >= 4 is 29.5 Å². The molecule has 0 aromatic carbocycles. The maximum Gasteiger partial charge on any atom is 0.246 e. The summed E-state index contributed by atoms with van der Waals surface area (Å²) in [7, 11) is 0. The van der Waals surface area contributed by atoms with Crippen molar-refractivity contribution in [1.29, 1.82) is 0 Å². The van der Waals surface area contributed by atoms with E-state index in [0.29, 0.717) is 31.2 Å². The lowest BCUT2D eigenvalue weighted by atomic mass is 10.2. The highest BCUT2D eigenvalue weighted by Crippen LogP contribution is 2.47. The van der Waals surface area contributed by atoms with Gasteiger partial charge in [0.25, 0.3) is 0 Å². The Morgan fingerprint density at radius 3 is 2.67 bits per heavy atom. The van der Waals surface area contributed by atoms with E-state index in [-0.39, 0.29) is 22.7 Å². The number of hydrogen-bond acceptors (Lipinski definition) is 6. The van der Waals surface area contributed by atoms with Gasteiger partial charge in [0.05, 0.1) is 4.87 Å². The molecule has 7 nitrogen and oxygen atoms in total. The van der Waals surface area contributed by atoms with Crippen LogP contribution in [0.5, 0.6) is 0 Å². The second-order valence-electron chi connectivity index (χ2n) is 6.63. The lowest BCUT2D eigenvalue weighted by Crippen LogP contribution is -2.56. The Morgan fingerprint density at radius 1 is 1.25 bits per heavy atom. The van der Waals surface area contributed by atoms with Crippen LogP contribution in [0.2, 0.25) is 0 Å². The average Bonchev–Trinajstić information content (AvgIpc) is 3.11. The van der Waals surface area contributed by atoms with Gasteiger partial charge in [-0.1, -0.05) is 0 Å². The van der Waals surface area contributed by atoms with E-state index in [9.17, 15) is 9.59 Å². The van der Waals surface area contributed by atoms with Crippen molar-refractivity contribution in [3.05, 3.63) is 18.5 Å². The van der Waals surface area contributed by atoms with Gasteiger partial charge in [-0.05, 0) is 19.4 Å². The fraction of sp³-hybridized carbons (Fsp3) is 0.625. The Balaban J connectivity index is 1.41. The zero-order valence-electron chi connectivity index (χ0n) is 13.7. The van der Waals surface area contributed by atoms with Crippen LogP contribution in [-0.2, 0) is 9.59 Å². The monoisotopic (exact) mass is 347 g/mol. The highest BCUT2D eigenvalue weighted by molar-refractivity contribution is 8.01. The van der Waals surface area contributed by atoms with Gasteiger partial charge in [-0.25, -0.2) is 9.97 Å². The molecule has 0 spiro atoms. The molecule has 3 aliphatic heterocycles. The first-order chi connectivity index (χ1) is 11.6. The third-order valence-corrected chi connectivity index (χ3v) is 6.66. The second kappa shape index (κ2) is 5.91. The van der Waals surface area contributed by atoms with E-state index in [2.05, 4.69) is 21.8 Å². The fourth-order valence-corrected chi connectivity index (χ4v) is 5.22. The van der Waals surface area contributed by atoms with Gasteiger partial charge in [-0.2, -0.15) is 0 Å². The molecule has 0 radical (unpaired) electrons. The van der Waals surface area contributed by atoms with Crippen molar-refractivity contribution in [2.75, 3.05) is 36.8 Å². The van der Waals surface area contributed by atoms with E-state index >= 15 is 0 Å². The first kappa shape index (κ1) is 15.7. The predicted molar refractivity (Wildman–Crippen MR) is 91.6 cm³/mol. The molecule has 3 fully saturated rings. The number of carbonyl (C=O) groups excluding carboxylic acids is 2. The van der Waals surface area contributed by atoms with E-state index in [1.54, 1.807) is 30.2 Å². The second-order valence-corrected chi connectivity index (χ2v) is 8.13. The number of hydrogen-bond donors (Lipinski definition) is 0. The summed E-state index contributed by atoms with van der Waals surface area (Å²) < 4.78 is 0. The molecule has 1 aromatic heterocycles. The average molecular weight is 347 g/mol. The fourth-order valence-electron chi connectivity index (χ4n) is 3.80. The van der Waals surface area contributed by atoms with E-state index in [0.717, 1.165) is 19.5 Å². The van der Waals surface area contributed by atoms with E-state index in [4.69, 9.17) is 0 Å². The number of rotatable bonds is 2. The van der Waals surface area contributed by atoms with Gasteiger partial charge in [0.15, 0.2) is 0 Å². The summed E-state index contributed by atoms with van der Waals surface area (Å²) in [5.41, 5.74) is 0. The van der Waals surface area contributed by atoms with Crippen LogP contribution in [-0.4, -0.2) is 74.4 Å². The summed E-state index contributed by atoms with van der Waals surface area (Å²) in [6.45, 7) is 4.83. The predicted octanol–water partition coefficient (Wildman–Crippen LogP) is 0.579.